The third kappa shape index (κ3) is 3.54. The van der Waals surface area contributed by atoms with E-state index < -0.39 is 0 Å². The molecule has 0 spiro atoms. The molecule has 0 saturated carbocycles. The van der Waals surface area contributed by atoms with Crippen LogP contribution in [0.15, 0.2) is 30.3 Å². The molecule has 92 valence electrons. The third-order valence-corrected chi connectivity index (χ3v) is 3.16. The largest absolute Gasteiger partial charge is 0.368 e. The fraction of sp³-hybridized carbons (Fsp3) is 0.462. The number of rotatable bonds is 4. The zero-order chi connectivity index (χ0) is 12.1. The van der Waals surface area contributed by atoms with Crippen LogP contribution in [0.4, 0.5) is 0 Å². The molecule has 0 unspecified atom stereocenters. The molecule has 1 heterocycles. The molecule has 2 rings (SSSR count). The van der Waals surface area contributed by atoms with Crippen LogP contribution in [0.2, 0.25) is 0 Å². The van der Waals surface area contributed by atoms with Gasteiger partial charge in [0.25, 0.3) is 0 Å². The van der Waals surface area contributed by atoms with Gasteiger partial charge in [0.2, 0.25) is 5.91 Å². The van der Waals surface area contributed by atoms with E-state index in [2.05, 4.69) is 34.5 Å². The van der Waals surface area contributed by atoms with Crippen LogP contribution in [0.3, 0.4) is 0 Å². The smallest absolute Gasteiger partial charge is 0.235 e. The van der Waals surface area contributed by atoms with Crippen LogP contribution in [0.25, 0.3) is 0 Å². The monoisotopic (exact) mass is 233 g/mol. The van der Waals surface area contributed by atoms with Gasteiger partial charge in [-0.25, -0.2) is 0 Å². The van der Waals surface area contributed by atoms with Gasteiger partial charge < -0.3 is 11.1 Å². The number of amides is 1. The van der Waals surface area contributed by atoms with Crippen LogP contribution >= 0.6 is 0 Å². The van der Waals surface area contributed by atoms with Crippen molar-refractivity contribution in [1.82, 2.24) is 10.2 Å². The molecular formula is C13H19N3O. The minimum absolute atomic E-state index is 0.195. The highest BCUT2D eigenvalue weighted by Crippen LogP contribution is 2.04. The summed E-state index contributed by atoms with van der Waals surface area (Å²) in [6.45, 7) is 3.52. The number of hydrogen-bond acceptors (Lipinski definition) is 3. The fourth-order valence-corrected chi connectivity index (χ4v) is 2.14. The van der Waals surface area contributed by atoms with Crippen molar-refractivity contribution in [3.8, 4) is 0 Å². The van der Waals surface area contributed by atoms with Crippen molar-refractivity contribution >= 4 is 5.91 Å². The van der Waals surface area contributed by atoms with E-state index in [4.69, 9.17) is 5.73 Å². The Labute approximate surface area is 102 Å². The predicted octanol–water partition coefficient (Wildman–Crippen LogP) is -0.0118. The number of nitrogens with zero attached hydrogens (tertiary/aromatic N) is 1. The summed E-state index contributed by atoms with van der Waals surface area (Å²) < 4.78 is 0. The minimum atomic E-state index is -0.255. The first-order chi connectivity index (χ1) is 8.25. The lowest BCUT2D eigenvalue weighted by Gasteiger charge is -2.32. The van der Waals surface area contributed by atoms with Crippen molar-refractivity contribution in [1.29, 1.82) is 0 Å². The average molecular weight is 233 g/mol. The van der Waals surface area contributed by atoms with Crippen LogP contribution in [0.1, 0.15) is 5.56 Å². The first-order valence-corrected chi connectivity index (χ1v) is 6.04. The first-order valence-electron chi connectivity index (χ1n) is 6.04. The van der Waals surface area contributed by atoms with Crippen molar-refractivity contribution < 1.29 is 4.79 Å². The molecule has 1 aromatic rings. The standard InChI is InChI=1S/C13H19N3O/c14-13(17)12-10-16(9-7-15-12)8-6-11-4-2-1-3-5-11/h1-5,12,15H,6-10H2,(H2,14,17)/t12-/m0/s1. The first kappa shape index (κ1) is 12.1. The Kier molecular flexibility index (Phi) is 4.12. The Morgan fingerprint density at radius 2 is 2.18 bits per heavy atom. The van der Waals surface area contributed by atoms with E-state index in [-0.39, 0.29) is 11.9 Å². The molecule has 1 fully saturated rings. The number of carbonyl (C=O) groups is 1. The molecule has 1 atom stereocenters. The van der Waals surface area contributed by atoms with Crippen molar-refractivity contribution in [2.24, 2.45) is 5.73 Å². The number of primary amides is 1. The molecule has 1 aromatic carbocycles. The number of nitrogens with one attached hydrogen (secondary N) is 1. The number of carbonyl (C=O) groups excluding carboxylic acids is 1. The molecule has 3 N–H and O–H groups in total. The lowest BCUT2D eigenvalue weighted by molar-refractivity contribution is -0.121. The third-order valence-electron chi connectivity index (χ3n) is 3.16. The summed E-state index contributed by atoms with van der Waals surface area (Å²) >= 11 is 0. The van der Waals surface area contributed by atoms with E-state index >= 15 is 0 Å². The Hall–Kier alpha value is -1.39. The van der Waals surface area contributed by atoms with Gasteiger partial charge in [-0.15, -0.1) is 0 Å². The molecule has 0 bridgehead atoms. The minimum Gasteiger partial charge on any atom is -0.368 e. The second kappa shape index (κ2) is 5.80. The van der Waals surface area contributed by atoms with Crippen LogP contribution in [0, 0.1) is 0 Å². The molecule has 1 saturated heterocycles. The van der Waals surface area contributed by atoms with Crippen LogP contribution in [-0.4, -0.2) is 43.0 Å². The quantitative estimate of drug-likeness (QED) is 0.769. The molecular weight excluding hydrogens is 214 g/mol. The SMILES string of the molecule is NC(=O)[C@@H]1CN(CCc2ccccc2)CCN1. The summed E-state index contributed by atoms with van der Waals surface area (Å²) in [4.78, 5) is 13.4. The molecule has 1 amide bonds. The van der Waals surface area contributed by atoms with Gasteiger partial charge in [-0.1, -0.05) is 30.3 Å². The van der Waals surface area contributed by atoms with Gasteiger partial charge in [-0.05, 0) is 12.0 Å². The number of benzene rings is 1. The summed E-state index contributed by atoms with van der Waals surface area (Å²) in [6.07, 6.45) is 1.02. The van der Waals surface area contributed by atoms with E-state index in [1.807, 2.05) is 6.07 Å². The van der Waals surface area contributed by atoms with E-state index in [1.54, 1.807) is 0 Å². The Balaban J connectivity index is 1.81. The maximum absolute atomic E-state index is 11.1. The highest BCUT2D eigenvalue weighted by Gasteiger charge is 2.22. The summed E-state index contributed by atoms with van der Waals surface area (Å²) in [5, 5.41) is 3.13. The number of piperazine rings is 1. The molecule has 1 aliphatic heterocycles. The topological polar surface area (TPSA) is 58.4 Å². The zero-order valence-corrected chi connectivity index (χ0v) is 9.93. The lowest BCUT2D eigenvalue weighted by Crippen LogP contribution is -2.56. The maximum Gasteiger partial charge on any atom is 0.235 e. The highest BCUT2D eigenvalue weighted by molar-refractivity contribution is 5.80. The average Bonchev–Trinajstić information content (AvgIpc) is 2.38. The van der Waals surface area contributed by atoms with Gasteiger partial charge in [-0.3, -0.25) is 9.69 Å². The van der Waals surface area contributed by atoms with Gasteiger partial charge in [0.1, 0.15) is 0 Å². The van der Waals surface area contributed by atoms with Crippen LogP contribution in [-0.2, 0) is 11.2 Å². The van der Waals surface area contributed by atoms with E-state index in [0.717, 1.165) is 32.6 Å². The predicted molar refractivity (Wildman–Crippen MR) is 67.6 cm³/mol. The fourth-order valence-electron chi connectivity index (χ4n) is 2.14. The lowest BCUT2D eigenvalue weighted by atomic mass is 10.1. The zero-order valence-electron chi connectivity index (χ0n) is 9.93. The molecule has 4 nitrogen and oxygen atoms in total. The Morgan fingerprint density at radius 3 is 2.88 bits per heavy atom. The van der Waals surface area contributed by atoms with Gasteiger partial charge in [0, 0.05) is 26.2 Å². The van der Waals surface area contributed by atoms with Crippen LogP contribution < -0.4 is 11.1 Å². The molecule has 0 radical (unpaired) electrons. The summed E-state index contributed by atoms with van der Waals surface area (Å²) in [5.41, 5.74) is 6.64. The van der Waals surface area contributed by atoms with Gasteiger partial charge in [-0.2, -0.15) is 0 Å². The van der Waals surface area contributed by atoms with Gasteiger partial charge >= 0.3 is 0 Å². The van der Waals surface area contributed by atoms with E-state index in [0.29, 0.717) is 0 Å². The van der Waals surface area contributed by atoms with Gasteiger partial charge in [0.05, 0.1) is 6.04 Å². The number of hydrogen-bond donors (Lipinski definition) is 2. The summed E-state index contributed by atoms with van der Waals surface area (Å²) in [6, 6.07) is 10.2. The normalized spacial score (nSPS) is 21.3. The van der Waals surface area contributed by atoms with Crippen molar-refractivity contribution in [2.45, 2.75) is 12.5 Å². The second-order valence-electron chi connectivity index (χ2n) is 4.45. The van der Waals surface area contributed by atoms with Crippen molar-refractivity contribution in [2.75, 3.05) is 26.2 Å². The van der Waals surface area contributed by atoms with Crippen LogP contribution in [0.5, 0.6) is 0 Å². The molecule has 4 heteroatoms. The Bertz CT molecular complexity index is 366. The highest BCUT2D eigenvalue weighted by atomic mass is 16.1. The second-order valence-corrected chi connectivity index (χ2v) is 4.45. The van der Waals surface area contributed by atoms with Crippen molar-refractivity contribution in [3.05, 3.63) is 35.9 Å². The molecule has 1 aliphatic rings. The maximum atomic E-state index is 11.1. The van der Waals surface area contributed by atoms with E-state index in [9.17, 15) is 4.79 Å². The Morgan fingerprint density at radius 1 is 1.41 bits per heavy atom. The summed E-state index contributed by atoms with van der Waals surface area (Å²) in [5.74, 6) is -0.255. The molecule has 17 heavy (non-hydrogen) atoms. The molecule has 0 aliphatic carbocycles. The molecule has 0 aromatic heterocycles. The summed E-state index contributed by atoms with van der Waals surface area (Å²) in [7, 11) is 0. The van der Waals surface area contributed by atoms with E-state index in [1.165, 1.54) is 5.56 Å². The number of nitrogens with two attached hydrogens (primary N) is 1. The van der Waals surface area contributed by atoms with Gasteiger partial charge in [0.15, 0.2) is 0 Å². The van der Waals surface area contributed by atoms with Crippen molar-refractivity contribution in [3.63, 3.8) is 0 Å².